The van der Waals surface area contributed by atoms with Gasteiger partial charge in [-0.05, 0) is 22.6 Å². The van der Waals surface area contributed by atoms with E-state index in [4.69, 9.17) is 15.2 Å². The molecule has 2 rings (SSSR count). The lowest BCUT2D eigenvalue weighted by Crippen LogP contribution is -2.12. The fraction of sp³-hybridized carbons (Fsp3) is 0.364. The van der Waals surface area contributed by atoms with Crippen LogP contribution in [0.15, 0.2) is 18.2 Å². The number of aromatic nitrogens is 4. The third-order valence-electron chi connectivity index (χ3n) is 2.48. The molecule has 0 atom stereocenters. The predicted molar refractivity (Wildman–Crippen MR) is 65.4 cm³/mol. The number of ether oxygens (including phenoxy) is 2. The summed E-state index contributed by atoms with van der Waals surface area (Å²) >= 11 is 0. The summed E-state index contributed by atoms with van der Waals surface area (Å²) in [7, 11) is 3.20. The fourth-order valence-electron chi connectivity index (χ4n) is 1.62. The van der Waals surface area contributed by atoms with Gasteiger partial charge in [0.2, 0.25) is 0 Å². The predicted octanol–water partition coefficient (Wildman–Crippen LogP) is 0.316. The van der Waals surface area contributed by atoms with E-state index in [9.17, 15) is 0 Å². The quantitative estimate of drug-likeness (QED) is 0.820. The van der Waals surface area contributed by atoms with E-state index in [1.54, 1.807) is 25.0 Å². The van der Waals surface area contributed by atoms with E-state index in [-0.39, 0.29) is 0 Å². The molecule has 0 aliphatic rings. The summed E-state index contributed by atoms with van der Waals surface area (Å²) in [5, 5.41) is 11.5. The van der Waals surface area contributed by atoms with Crippen LogP contribution < -0.4 is 15.2 Å². The van der Waals surface area contributed by atoms with Crippen molar-refractivity contribution in [3.05, 3.63) is 18.2 Å². The van der Waals surface area contributed by atoms with Crippen molar-refractivity contribution in [2.24, 2.45) is 5.73 Å². The molecule has 0 amide bonds. The SMILES string of the molecule is COc1cc(OC)cc(-c2nnnn2CCN)c1. The first kappa shape index (κ1) is 12.3. The minimum absolute atomic E-state index is 0.471. The Balaban J connectivity index is 2.45. The molecule has 7 nitrogen and oxygen atoms in total. The molecule has 0 fully saturated rings. The van der Waals surface area contributed by atoms with Crippen LogP contribution in [0.5, 0.6) is 11.5 Å². The number of nitrogens with zero attached hydrogens (tertiary/aromatic N) is 4. The van der Waals surface area contributed by atoms with Gasteiger partial charge >= 0.3 is 0 Å². The Morgan fingerprint density at radius 3 is 2.39 bits per heavy atom. The number of hydrogen-bond acceptors (Lipinski definition) is 6. The van der Waals surface area contributed by atoms with E-state index in [0.717, 1.165) is 5.56 Å². The van der Waals surface area contributed by atoms with Gasteiger partial charge in [-0.25, -0.2) is 4.68 Å². The normalized spacial score (nSPS) is 10.4. The van der Waals surface area contributed by atoms with E-state index >= 15 is 0 Å². The van der Waals surface area contributed by atoms with Gasteiger partial charge in [-0.15, -0.1) is 5.10 Å². The van der Waals surface area contributed by atoms with Crippen molar-refractivity contribution in [2.75, 3.05) is 20.8 Å². The maximum absolute atomic E-state index is 5.51. The molecule has 2 N–H and O–H groups in total. The lowest BCUT2D eigenvalue weighted by atomic mass is 10.2. The molecule has 7 heteroatoms. The second-order valence-corrected chi connectivity index (χ2v) is 3.62. The second-order valence-electron chi connectivity index (χ2n) is 3.62. The van der Waals surface area contributed by atoms with Crippen molar-refractivity contribution in [1.82, 2.24) is 20.2 Å². The Morgan fingerprint density at radius 1 is 1.17 bits per heavy atom. The van der Waals surface area contributed by atoms with Crippen LogP contribution in [0.4, 0.5) is 0 Å². The summed E-state index contributed by atoms with van der Waals surface area (Å²) in [6, 6.07) is 5.49. The van der Waals surface area contributed by atoms with Crippen molar-refractivity contribution in [3.8, 4) is 22.9 Å². The number of hydrogen-bond donors (Lipinski definition) is 1. The van der Waals surface area contributed by atoms with Crippen molar-refractivity contribution in [2.45, 2.75) is 6.54 Å². The summed E-state index contributed by atoms with van der Waals surface area (Å²) in [6.45, 7) is 1.03. The summed E-state index contributed by atoms with van der Waals surface area (Å²) in [4.78, 5) is 0. The molecule has 0 unspecified atom stereocenters. The molecular weight excluding hydrogens is 234 g/mol. The molecule has 96 valence electrons. The molecule has 0 bridgehead atoms. The maximum Gasteiger partial charge on any atom is 0.182 e. The number of nitrogens with two attached hydrogens (primary N) is 1. The smallest absolute Gasteiger partial charge is 0.182 e. The molecule has 1 heterocycles. The topological polar surface area (TPSA) is 88.1 Å². The lowest BCUT2D eigenvalue weighted by molar-refractivity contribution is 0.394. The summed E-state index contributed by atoms with van der Waals surface area (Å²) in [6.07, 6.45) is 0. The highest BCUT2D eigenvalue weighted by atomic mass is 16.5. The van der Waals surface area contributed by atoms with Gasteiger partial charge in [-0.3, -0.25) is 0 Å². The monoisotopic (exact) mass is 249 g/mol. The summed E-state index contributed by atoms with van der Waals surface area (Å²) in [5.41, 5.74) is 6.34. The summed E-state index contributed by atoms with van der Waals surface area (Å²) < 4.78 is 12.1. The average molecular weight is 249 g/mol. The zero-order chi connectivity index (χ0) is 13.0. The summed E-state index contributed by atoms with van der Waals surface area (Å²) in [5.74, 6) is 2.01. The Labute approximate surface area is 104 Å². The van der Waals surface area contributed by atoms with Crippen molar-refractivity contribution >= 4 is 0 Å². The van der Waals surface area contributed by atoms with Crippen LogP contribution in [0.1, 0.15) is 0 Å². The Morgan fingerprint density at radius 2 is 1.83 bits per heavy atom. The minimum Gasteiger partial charge on any atom is -0.497 e. The first-order valence-electron chi connectivity index (χ1n) is 5.48. The average Bonchev–Trinajstić information content (AvgIpc) is 2.87. The molecule has 1 aromatic heterocycles. The Hall–Kier alpha value is -2.15. The third-order valence-corrected chi connectivity index (χ3v) is 2.48. The lowest BCUT2D eigenvalue weighted by Gasteiger charge is -2.08. The fourth-order valence-corrected chi connectivity index (χ4v) is 1.62. The van der Waals surface area contributed by atoms with Gasteiger partial charge in [0.05, 0.1) is 20.8 Å². The van der Waals surface area contributed by atoms with Gasteiger partial charge < -0.3 is 15.2 Å². The third kappa shape index (κ3) is 2.40. The highest BCUT2D eigenvalue weighted by Gasteiger charge is 2.11. The number of methoxy groups -OCH3 is 2. The van der Waals surface area contributed by atoms with E-state index < -0.39 is 0 Å². The van der Waals surface area contributed by atoms with Crippen LogP contribution in [0.3, 0.4) is 0 Å². The molecule has 0 saturated carbocycles. The molecule has 1 aromatic carbocycles. The largest absolute Gasteiger partial charge is 0.497 e. The van der Waals surface area contributed by atoms with E-state index in [1.807, 2.05) is 12.1 Å². The van der Waals surface area contributed by atoms with Gasteiger partial charge in [0.25, 0.3) is 0 Å². The van der Waals surface area contributed by atoms with Crippen LogP contribution in [-0.2, 0) is 6.54 Å². The van der Waals surface area contributed by atoms with Crippen LogP contribution >= 0.6 is 0 Å². The van der Waals surface area contributed by atoms with Crippen molar-refractivity contribution in [1.29, 1.82) is 0 Å². The maximum atomic E-state index is 5.51. The first-order chi connectivity index (χ1) is 8.78. The molecule has 0 aliphatic carbocycles. The van der Waals surface area contributed by atoms with E-state index in [0.29, 0.717) is 30.4 Å². The molecular formula is C11H15N5O2. The van der Waals surface area contributed by atoms with E-state index in [1.165, 1.54) is 0 Å². The van der Waals surface area contributed by atoms with Crippen molar-refractivity contribution in [3.63, 3.8) is 0 Å². The first-order valence-corrected chi connectivity index (χ1v) is 5.48. The highest BCUT2D eigenvalue weighted by Crippen LogP contribution is 2.28. The highest BCUT2D eigenvalue weighted by molar-refractivity contribution is 5.60. The number of rotatable bonds is 5. The zero-order valence-corrected chi connectivity index (χ0v) is 10.3. The Bertz CT molecular complexity index is 504. The minimum atomic E-state index is 0.471. The van der Waals surface area contributed by atoms with Crippen molar-refractivity contribution < 1.29 is 9.47 Å². The second kappa shape index (κ2) is 5.46. The van der Waals surface area contributed by atoms with Gasteiger partial charge in [-0.2, -0.15) is 0 Å². The van der Waals surface area contributed by atoms with Gasteiger partial charge in [0.1, 0.15) is 11.5 Å². The molecule has 0 saturated heterocycles. The number of benzene rings is 1. The van der Waals surface area contributed by atoms with Gasteiger partial charge in [-0.1, -0.05) is 0 Å². The van der Waals surface area contributed by atoms with Crippen LogP contribution in [0.2, 0.25) is 0 Å². The molecule has 0 aliphatic heterocycles. The molecule has 2 aromatic rings. The number of tetrazole rings is 1. The van der Waals surface area contributed by atoms with Crippen LogP contribution in [-0.4, -0.2) is 41.0 Å². The standard InChI is InChI=1S/C11H15N5O2/c1-17-9-5-8(6-10(7-9)18-2)11-13-14-15-16(11)4-3-12/h5-7H,3-4,12H2,1-2H3. The molecule has 0 spiro atoms. The van der Waals surface area contributed by atoms with Crippen LogP contribution in [0, 0.1) is 0 Å². The molecule has 18 heavy (non-hydrogen) atoms. The van der Waals surface area contributed by atoms with Gasteiger partial charge in [0.15, 0.2) is 5.82 Å². The Kier molecular flexibility index (Phi) is 3.73. The van der Waals surface area contributed by atoms with E-state index in [2.05, 4.69) is 15.5 Å². The van der Waals surface area contributed by atoms with Gasteiger partial charge in [0, 0.05) is 18.2 Å². The van der Waals surface area contributed by atoms with Crippen LogP contribution in [0.25, 0.3) is 11.4 Å². The molecule has 0 radical (unpaired) electrons. The zero-order valence-electron chi connectivity index (χ0n) is 10.3.